The summed E-state index contributed by atoms with van der Waals surface area (Å²) in [7, 11) is 3.06. The van der Waals surface area contributed by atoms with Crippen molar-refractivity contribution in [1.29, 1.82) is 0 Å². The van der Waals surface area contributed by atoms with E-state index in [1.165, 1.54) is 7.11 Å². The van der Waals surface area contributed by atoms with Gasteiger partial charge in [0.15, 0.2) is 6.61 Å². The SMILES string of the molecule is COc1ccc(C(=O)COc2ccc(N)cc2)c(OC)c1. The van der Waals surface area contributed by atoms with Gasteiger partial charge in [-0.05, 0) is 36.4 Å². The minimum absolute atomic E-state index is 0.0768. The standard InChI is InChI=1S/C16H17NO4/c1-19-13-7-8-14(16(9-13)20-2)15(18)10-21-12-5-3-11(17)4-6-12/h3-9H,10,17H2,1-2H3. The van der Waals surface area contributed by atoms with Crippen LogP contribution in [0.1, 0.15) is 10.4 Å². The van der Waals surface area contributed by atoms with Crippen LogP contribution >= 0.6 is 0 Å². The molecule has 0 unspecified atom stereocenters. The van der Waals surface area contributed by atoms with Crippen LogP contribution in [0.4, 0.5) is 5.69 Å². The number of rotatable bonds is 6. The zero-order valence-electron chi connectivity index (χ0n) is 12.0. The molecule has 2 aromatic rings. The van der Waals surface area contributed by atoms with E-state index in [1.807, 2.05) is 0 Å². The van der Waals surface area contributed by atoms with Crippen molar-refractivity contribution in [2.75, 3.05) is 26.6 Å². The van der Waals surface area contributed by atoms with E-state index in [2.05, 4.69) is 0 Å². The van der Waals surface area contributed by atoms with Crippen molar-refractivity contribution >= 4 is 11.5 Å². The van der Waals surface area contributed by atoms with Crippen LogP contribution in [0.25, 0.3) is 0 Å². The molecule has 5 heteroatoms. The average Bonchev–Trinajstić information content (AvgIpc) is 2.53. The van der Waals surface area contributed by atoms with Crippen LogP contribution in [-0.4, -0.2) is 26.6 Å². The van der Waals surface area contributed by atoms with Gasteiger partial charge in [-0.3, -0.25) is 4.79 Å². The lowest BCUT2D eigenvalue weighted by Crippen LogP contribution is -2.12. The Morgan fingerprint density at radius 2 is 1.67 bits per heavy atom. The predicted molar refractivity (Wildman–Crippen MR) is 80.2 cm³/mol. The van der Waals surface area contributed by atoms with E-state index in [9.17, 15) is 4.79 Å². The van der Waals surface area contributed by atoms with Crippen LogP contribution in [-0.2, 0) is 0 Å². The molecule has 0 aliphatic rings. The summed E-state index contributed by atoms with van der Waals surface area (Å²) in [6.45, 7) is -0.0768. The van der Waals surface area contributed by atoms with Crippen molar-refractivity contribution in [2.24, 2.45) is 0 Å². The molecule has 0 radical (unpaired) electrons. The molecule has 0 heterocycles. The van der Waals surface area contributed by atoms with Gasteiger partial charge in [0.25, 0.3) is 0 Å². The van der Waals surface area contributed by atoms with Gasteiger partial charge in [-0.15, -0.1) is 0 Å². The van der Waals surface area contributed by atoms with Crippen LogP contribution < -0.4 is 19.9 Å². The average molecular weight is 287 g/mol. The van der Waals surface area contributed by atoms with E-state index < -0.39 is 0 Å². The van der Waals surface area contributed by atoms with Crippen LogP contribution in [0.15, 0.2) is 42.5 Å². The Morgan fingerprint density at radius 1 is 1.00 bits per heavy atom. The predicted octanol–water partition coefficient (Wildman–Crippen LogP) is 2.55. The number of anilines is 1. The number of benzene rings is 2. The van der Waals surface area contributed by atoms with Crippen LogP contribution in [0.3, 0.4) is 0 Å². The number of methoxy groups -OCH3 is 2. The first kappa shape index (κ1) is 14.7. The molecule has 0 spiro atoms. The Labute approximate surface area is 123 Å². The molecule has 0 saturated heterocycles. The normalized spacial score (nSPS) is 10.0. The van der Waals surface area contributed by atoms with E-state index in [1.54, 1.807) is 49.6 Å². The van der Waals surface area contributed by atoms with Crippen molar-refractivity contribution < 1.29 is 19.0 Å². The summed E-state index contributed by atoms with van der Waals surface area (Å²) in [6.07, 6.45) is 0. The molecule has 0 aliphatic heterocycles. The van der Waals surface area contributed by atoms with Gasteiger partial charge in [0, 0.05) is 11.8 Å². The zero-order valence-corrected chi connectivity index (χ0v) is 12.0. The molecule has 21 heavy (non-hydrogen) atoms. The molecule has 0 atom stereocenters. The van der Waals surface area contributed by atoms with Crippen LogP contribution in [0, 0.1) is 0 Å². The van der Waals surface area contributed by atoms with E-state index in [0.29, 0.717) is 28.5 Å². The van der Waals surface area contributed by atoms with Crippen molar-refractivity contribution in [3.05, 3.63) is 48.0 Å². The highest BCUT2D eigenvalue weighted by Crippen LogP contribution is 2.25. The molecule has 0 bridgehead atoms. The monoisotopic (exact) mass is 287 g/mol. The van der Waals surface area contributed by atoms with Crippen LogP contribution in [0.2, 0.25) is 0 Å². The molecule has 0 saturated carbocycles. The van der Waals surface area contributed by atoms with Crippen molar-refractivity contribution in [3.63, 3.8) is 0 Å². The van der Waals surface area contributed by atoms with Crippen molar-refractivity contribution in [1.82, 2.24) is 0 Å². The number of hydrogen-bond donors (Lipinski definition) is 1. The second-order valence-corrected chi connectivity index (χ2v) is 4.35. The molecular weight excluding hydrogens is 270 g/mol. The number of Topliss-reactive ketones (excluding diaryl/α,β-unsaturated/α-hetero) is 1. The minimum atomic E-state index is -0.175. The van der Waals surface area contributed by atoms with Gasteiger partial charge in [-0.25, -0.2) is 0 Å². The Balaban J connectivity index is 2.07. The molecule has 110 valence electrons. The fourth-order valence-corrected chi connectivity index (χ4v) is 1.82. The smallest absolute Gasteiger partial charge is 0.203 e. The van der Waals surface area contributed by atoms with Gasteiger partial charge in [0.2, 0.25) is 5.78 Å². The second-order valence-electron chi connectivity index (χ2n) is 4.35. The van der Waals surface area contributed by atoms with E-state index in [-0.39, 0.29) is 12.4 Å². The fourth-order valence-electron chi connectivity index (χ4n) is 1.82. The maximum atomic E-state index is 12.2. The summed E-state index contributed by atoms with van der Waals surface area (Å²) in [5, 5.41) is 0. The Morgan fingerprint density at radius 3 is 2.29 bits per heavy atom. The van der Waals surface area contributed by atoms with Gasteiger partial charge in [0.1, 0.15) is 17.2 Å². The van der Waals surface area contributed by atoms with Crippen LogP contribution in [0.5, 0.6) is 17.2 Å². The largest absolute Gasteiger partial charge is 0.497 e. The molecular formula is C16H17NO4. The summed E-state index contributed by atoms with van der Waals surface area (Å²) in [4.78, 5) is 12.2. The van der Waals surface area contributed by atoms with Gasteiger partial charge < -0.3 is 19.9 Å². The third-order valence-electron chi connectivity index (χ3n) is 2.96. The highest BCUT2D eigenvalue weighted by atomic mass is 16.5. The summed E-state index contributed by atoms with van der Waals surface area (Å²) in [5.74, 6) is 1.50. The zero-order chi connectivity index (χ0) is 15.2. The van der Waals surface area contributed by atoms with Gasteiger partial charge >= 0.3 is 0 Å². The number of hydrogen-bond acceptors (Lipinski definition) is 5. The lowest BCUT2D eigenvalue weighted by molar-refractivity contribution is 0.0918. The fraction of sp³-hybridized carbons (Fsp3) is 0.188. The number of ether oxygens (including phenoxy) is 3. The number of carbonyl (C=O) groups excluding carboxylic acids is 1. The highest BCUT2D eigenvalue weighted by molar-refractivity contribution is 6.00. The minimum Gasteiger partial charge on any atom is -0.497 e. The molecule has 0 fully saturated rings. The molecule has 5 nitrogen and oxygen atoms in total. The molecule has 2 rings (SSSR count). The molecule has 0 amide bonds. The Hall–Kier alpha value is -2.69. The highest BCUT2D eigenvalue weighted by Gasteiger charge is 2.14. The molecule has 2 aromatic carbocycles. The van der Waals surface area contributed by atoms with Gasteiger partial charge in [0.05, 0.1) is 19.8 Å². The van der Waals surface area contributed by atoms with E-state index in [0.717, 1.165) is 0 Å². The number of nitrogens with two attached hydrogens (primary N) is 1. The first-order chi connectivity index (χ1) is 10.1. The van der Waals surface area contributed by atoms with Gasteiger partial charge in [-0.1, -0.05) is 0 Å². The molecule has 0 aliphatic carbocycles. The third kappa shape index (κ3) is 3.66. The summed E-state index contributed by atoms with van der Waals surface area (Å²) in [5.41, 5.74) is 6.68. The lowest BCUT2D eigenvalue weighted by Gasteiger charge is -2.10. The van der Waals surface area contributed by atoms with Gasteiger partial charge in [-0.2, -0.15) is 0 Å². The van der Waals surface area contributed by atoms with Crippen molar-refractivity contribution in [3.8, 4) is 17.2 Å². The Kier molecular flexibility index (Phi) is 4.66. The number of ketones is 1. The topological polar surface area (TPSA) is 70.8 Å². The summed E-state index contributed by atoms with van der Waals surface area (Å²) < 4.78 is 15.7. The third-order valence-corrected chi connectivity index (χ3v) is 2.96. The summed E-state index contributed by atoms with van der Waals surface area (Å²) >= 11 is 0. The van der Waals surface area contributed by atoms with E-state index in [4.69, 9.17) is 19.9 Å². The summed E-state index contributed by atoms with van der Waals surface area (Å²) in [6, 6.07) is 11.9. The first-order valence-electron chi connectivity index (χ1n) is 6.37. The Bertz CT molecular complexity index is 623. The lowest BCUT2D eigenvalue weighted by atomic mass is 10.1. The quantitative estimate of drug-likeness (QED) is 0.653. The van der Waals surface area contributed by atoms with E-state index >= 15 is 0 Å². The molecule has 2 N–H and O–H groups in total. The molecule has 0 aromatic heterocycles. The number of carbonyl (C=O) groups is 1. The second kappa shape index (κ2) is 6.65. The van der Waals surface area contributed by atoms with Crippen molar-refractivity contribution in [2.45, 2.75) is 0 Å². The maximum absolute atomic E-state index is 12.2. The first-order valence-corrected chi connectivity index (χ1v) is 6.37. The maximum Gasteiger partial charge on any atom is 0.203 e. The number of nitrogen functional groups attached to an aromatic ring is 1.